The van der Waals surface area contributed by atoms with Gasteiger partial charge >= 0.3 is 6.18 Å². The molecule has 5 heteroatoms. The van der Waals surface area contributed by atoms with Gasteiger partial charge in [0.2, 0.25) is 0 Å². The lowest BCUT2D eigenvalue weighted by molar-refractivity contribution is -0.150. The Labute approximate surface area is 70.0 Å². The average molecular weight is 185 g/mol. The maximum atomic E-state index is 11.8. The fraction of sp³-hybridized carbons (Fsp3) is 1.00. The largest absolute Gasteiger partial charge is 0.401 e. The third-order valence-electron chi connectivity index (χ3n) is 1.82. The van der Waals surface area contributed by atoms with Gasteiger partial charge in [-0.05, 0) is 20.9 Å². The molecular weight excluding hydrogens is 171 g/mol. The van der Waals surface area contributed by atoms with Gasteiger partial charge in [-0.25, -0.2) is 0 Å². The molecule has 0 aliphatic rings. The summed E-state index contributed by atoms with van der Waals surface area (Å²) in [6, 6.07) is -0.480. The number of halogens is 3. The van der Waals surface area contributed by atoms with Gasteiger partial charge in [0, 0.05) is 6.04 Å². The lowest BCUT2D eigenvalue weighted by atomic mass is 10.2. The molecule has 0 saturated heterocycles. The Morgan fingerprint density at radius 3 is 2.00 bits per heavy atom. The normalized spacial score (nSPS) is 18.0. The van der Waals surface area contributed by atoms with E-state index < -0.39 is 24.9 Å². The Bertz CT molecular complexity index is 135. The molecule has 0 rings (SSSR count). The molecule has 0 spiro atoms. The van der Waals surface area contributed by atoms with Crippen molar-refractivity contribution in [3.05, 3.63) is 0 Å². The topological polar surface area (TPSA) is 23.5 Å². The van der Waals surface area contributed by atoms with Crippen LogP contribution in [0.2, 0.25) is 0 Å². The van der Waals surface area contributed by atoms with E-state index in [2.05, 4.69) is 0 Å². The molecule has 2 nitrogen and oxygen atoms in total. The number of aliphatic hydroxyl groups excluding tert-OH is 1. The summed E-state index contributed by atoms with van der Waals surface area (Å²) in [6.45, 7) is 2.03. The Kier molecular flexibility index (Phi) is 3.99. The predicted molar refractivity (Wildman–Crippen MR) is 39.8 cm³/mol. The molecule has 0 aromatic rings. The molecule has 2 unspecified atom stereocenters. The standard InChI is InChI=1S/C7H14F3NO/c1-5(6(2)12)11(3)4-7(8,9)10/h5-6,12H,4H2,1-3H3. The van der Waals surface area contributed by atoms with E-state index in [-0.39, 0.29) is 0 Å². The van der Waals surface area contributed by atoms with Crippen LogP contribution in [0.15, 0.2) is 0 Å². The number of nitrogens with zero attached hydrogens (tertiary/aromatic N) is 1. The predicted octanol–water partition coefficient (Wildman–Crippen LogP) is 1.25. The third kappa shape index (κ3) is 4.56. The van der Waals surface area contributed by atoms with Crippen LogP contribution in [0, 0.1) is 0 Å². The average Bonchev–Trinajstić information content (AvgIpc) is 1.82. The molecule has 12 heavy (non-hydrogen) atoms. The van der Waals surface area contributed by atoms with Crippen LogP contribution in [-0.2, 0) is 0 Å². The first-order chi connectivity index (χ1) is 5.24. The Morgan fingerprint density at radius 2 is 1.75 bits per heavy atom. The zero-order chi connectivity index (χ0) is 9.94. The van der Waals surface area contributed by atoms with E-state index >= 15 is 0 Å². The number of likely N-dealkylation sites (N-methyl/N-ethyl adjacent to an activating group) is 1. The maximum Gasteiger partial charge on any atom is 0.401 e. The lowest BCUT2D eigenvalue weighted by Gasteiger charge is -2.27. The zero-order valence-corrected chi connectivity index (χ0v) is 7.39. The van der Waals surface area contributed by atoms with E-state index in [0.717, 1.165) is 4.90 Å². The summed E-state index contributed by atoms with van der Waals surface area (Å²) >= 11 is 0. The molecule has 0 saturated carbocycles. The van der Waals surface area contributed by atoms with Crippen molar-refractivity contribution in [2.75, 3.05) is 13.6 Å². The van der Waals surface area contributed by atoms with E-state index in [1.165, 1.54) is 14.0 Å². The van der Waals surface area contributed by atoms with Gasteiger partial charge < -0.3 is 5.11 Å². The van der Waals surface area contributed by atoms with Gasteiger partial charge in [0.15, 0.2) is 0 Å². The molecule has 0 aromatic heterocycles. The van der Waals surface area contributed by atoms with Crippen LogP contribution >= 0.6 is 0 Å². The van der Waals surface area contributed by atoms with Gasteiger partial charge in [-0.2, -0.15) is 13.2 Å². The summed E-state index contributed by atoms with van der Waals surface area (Å²) < 4.78 is 35.4. The summed E-state index contributed by atoms with van der Waals surface area (Å²) in [6.07, 6.45) is -4.95. The molecule has 0 aromatic carbocycles. The molecule has 0 radical (unpaired) electrons. The number of hydrogen-bond donors (Lipinski definition) is 1. The number of rotatable bonds is 3. The Morgan fingerprint density at radius 1 is 1.33 bits per heavy atom. The Balaban J connectivity index is 3.95. The minimum Gasteiger partial charge on any atom is -0.392 e. The van der Waals surface area contributed by atoms with Crippen LogP contribution in [0.25, 0.3) is 0 Å². The first kappa shape index (κ1) is 11.7. The van der Waals surface area contributed by atoms with E-state index in [0.29, 0.717) is 0 Å². The smallest absolute Gasteiger partial charge is 0.392 e. The van der Waals surface area contributed by atoms with Gasteiger partial charge in [-0.3, -0.25) is 4.90 Å². The van der Waals surface area contributed by atoms with Crippen LogP contribution in [-0.4, -0.2) is 41.9 Å². The highest BCUT2D eigenvalue weighted by Crippen LogP contribution is 2.17. The SMILES string of the molecule is CC(O)C(C)N(C)CC(F)(F)F. The highest BCUT2D eigenvalue weighted by atomic mass is 19.4. The van der Waals surface area contributed by atoms with Crippen molar-refractivity contribution in [3.8, 4) is 0 Å². The van der Waals surface area contributed by atoms with Crippen LogP contribution in [0.3, 0.4) is 0 Å². The molecule has 2 atom stereocenters. The molecule has 0 heterocycles. The minimum absolute atomic E-state index is 0.480. The number of hydrogen-bond acceptors (Lipinski definition) is 2. The van der Waals surface area contributed by atoms with E-state index in [4.69, 9.17) is 5.11 Å². The summed E-state index contributed by atoms with van der Waals surface area (Å²) in [5.74, 6) is 0. The molecule has 74 valence electrons. The highest BCUT2D eigenvalue weighted by molar-refractivity contribution is 4.70. The summed E-state index contributed by atoms with van der Waals surface area (Å²) in [5.41, 5.74) is 0. The fourth-order valence-corrected chi connectivity index (χ4v) is 0.795. The van der Waals surface area contributed by atoms with Crippen molar-refractivity contribution in [2.45, 2.75) is 32.2 Å². The Hall–Kier alpha value is -0.290. The van der Waals surface area contributed by atoms with E-state index in [9.17, 15) is 13.2 Å². The van der Waals surface area contributed by atoms with Crippen LogP contribution in [0.5, 0.6) is 0 Å². The summed E-state index contributed by atoms with van der Waals surface area (Å²) in [7, 11) is 1.34. The summed E-state index contributed by atoms with van der Waals surface area (Å²) in [4.78, 5) is 1.07. The van der Waals surface area contributed by atoms with Gasteiger partial charge in [0.1, 0.15) is 0 Å². The lowest BCUT2D eigenvalue weighted by Crippen LogP contribution is -2.42. The van der Waals surface area contributed by atoms with E-state index in [1.54, 1.807) is 6.92 Å². The van der Waals surface area contributed by atoms with Crippen LogP contribution in [0.4, 0.5) is 13.2 Å². The first-order valence-corrected chi connectivity index (χ1v) is 3.69. The van der Waals surface area contributed by atoms with Crippen molar-refractivity contribution in [3.63, 3.8) is 0 Å². The number of aliphatic hydroxyl groups is 1. The molecule has 0 fully saturated rings. The maximum absolute atomic E-state index is 11.8. The second kappa shape index (κ2) is 4.09. The van der Waals surface area contributed by atoms with Crippen molar-refractivity contribution in [1.82, 2.24) is 4.90 Å². The fourth-order valence-electron chi connectivity index (χ4n) is 0.795. The van der Waals surface area contributed by atoms with E-state index in [1.807, 2.05) is 0 Å². The second-order valence-corrected chi connectivity index (χ2v) is 3.01. The molecule has 1 N–H and O–H groups in total. The zero-order valence-electron chi connectivity index (χ0n) is 7.39. The van der Waals surface area contributed by atoms with Crippen molar-refractivity contribution in [1.29, 1.82) is 0 Å². The highest BCUT2D eigenvalue weighted by Gasteiger charge is 2.31. The third-order valence-corrected chi connectivity index (χ3v) is 1.82. The molecule has 0 amide bonds. The monoisotopic (exact) mass is 185 g/mol. The van der Waals surface area contributed by atoms with Crippen molar-refractivity contribution >= 4 is 0 Å². The molecule has 0 aliphatic heterocycles. The molecule has 0 aliphatic carbocycles. The molecular formula is C7H14F3NO. The van der Waals surface area contributed by atoms with Crippen molar-refractivity contribution in [2.24, 2.45) is 0 Å². The molecule has 0 bridgehead atoms. The number of alkyl halides is 3. The second-order valence-electron chi connectivity index (χ2n) is 3.01. The van der Waals surface area contributed by atoms with Crippen LogP contribution in [0.1, 0.15) is 13.8 Å². The van der Waals surface area contributed by atoms with Crippen molar-refractivity contribution < 1.29 is 18.3 Å². The minimum atomic E-state index is -4.20. The summed E-state index contributed by atoms with van der Waals surface area (Å²) in [5, 5.41) is 8.98. The van der Waals surface area contributed by atoms with Gasteiger partial charge in [-0.1, -0.05) is 0 Å². The van der Waals surface area contributed by atoms with Crippen LogP contribution < -0.4 is 0 Å². The quantitative estimate of drug-likeness (QED) is 0.715. The van der Waals surface area contributed by atoms with Gasteiger partial charge in [0.25, 0.3) is 0 Å². The van der Waals surface area contributed by atoms with Gasteiger partial charge in [-0.15, -0.1) is 0 Å². The first-order valence-electron chi connectivity index (χ1n) is 3.69. The van der Waals surface area contributed by atoms with Gasteiger partial charge in [0.05, 0.1) is 12.6 Å².